The molecule has 0 unspecified atom stereocenters. The summed E-state index contributed by atoms with van der Waals surface area (Å²) >= 11 is 0. The first-order chi connectivity index (χ1) is 6.31. The number of carbonyl (C=O) groups is 2. The molecule has 0 aliphatic heterocycles. The molecule has 0 aliphatic rings. The quantitative estimate of drug-likeness (QED) is 0.554. The number of hydrogen-bond donors (Lipinski definition) is 1. The number of aliphatic carboxylic acids is 1. The molecule has 4 heteroatoms. The highest BCUT2D eigenvalue weighted by atomic mass is 16.6. The summed E-state index contributed by atoms with van der Waals surface area (Å²) in [6.45, 7) is 5.32. The average molecular weight is 200 g/mol. The molecule has 0 aliphatic carbocycles. The van der Waals surface area contributed by atoms with Gasteiger partial charge in [-0.15, -0.1) is 0 Å². The van der Waals surface area contributed by atoms with Gasteiger partial charge in [-0.1, -0.05) is 6.08 Å². The maximum Gasteiger partial charge on any atom is 0.330 e. The maximum atomic E-state index is 11.0. The molecular formula is C10H16O4. The smallest absolute Gasteiger partial charge is 0.330 e. The molecule has 4 nitrogen and oxygen atoms in total. The van der Waals surface area contributed by atoms with Gasteiger partial charge in [0.05, 0.1) is 0 Å². The van der Waals surface area contributed by atoms with E-state index in [1.54, 1.807) is 20.8 Å². The van der Waals surface area contributed by atoms with Gasteiger partial charge in [-0.3, -0.25) is 4.79 Å². The van der Waals surface area contributed by atoms with Crippen LogP contribution in [0.15, 0.2) is 12.2 Å². The van der Waals surface area contributed by atoms with Gasteiger partial charge in [-0.2, -0.15) is 0 Å². The second-order valence-electron chi connectivity index (χ2n) is 3.87. The van der Waals surface area contributed by atoms with Gasteiger partial charge in [-0.05, 0) is 27.2 Å². The van der Waals surface area contributed by atoms with Crippen LogP contribution < -0.4 is 0 Å². The van der Waals surface area contributed by atoms with E-state index in [9.17, 15) is 9.59 Å². The predicted octanol–water partition coefficient (Wildman–Crippen LogP) is 1.75. The molecule has 0 spiro atoms. The van der Waals surface area contributed by atoms with Crippen molar-refractivity contribution >= 4 is 11.9 Å². The molecule has 14 heavy (non-hydrogen) atoms. The van der Waals surface area contributed by atoms with Crippen LogP contribution >= 0.6 is 0 Å². The van der Waals surface area contributed by atoms with E-state index in [-0.39, 0.29) is 6.42 Å². The lowest BCUT2D eigenvalue weighted by Gasteiger charge is -2.17. The highest BCUT2D eigenvalue weighted by Crippen LogP contribution is 2.07. The van der Waals surface area contributed by atoms with Crippen LogP contribution in [0, 0.1) is 0 Å². The van der Waals surface area contributed by atoms with Gasteiger partial charge in [0.25, 0.3) is 0 Å². The van der Waals surface area contributed by atoms with Gasteiger partial charge in [0.2, 0.25) is 0 Å². The fourth-order valence-electron chi connectivity index (χ4n) is 0.722. The first-order valence-corrected chi connectivity index (χ1v) is 4.42. The zero-order valence-corrected chi connectivity index (χ0v) is 8.74. The van der Waals surface area contributed by atoms with Crippen LogP contribution in [0.2, 0.25) is 0 Å². The van der Waals surface area contributed by atoms with Crippen molar-refractivity contribution in [1.29, 1.82) is 0 Å². The van der Waals surface area contributed by atoms with E-state index < -0.39 is 17.5 Å². The van der Waals surface area contributed by atoms with Gasteiger partial charge >= 0.3 is 11.9 Å². The van der Waals surface area contributed by atoms with Crippen LogP contribution in [-0.4, -0.2) is 22.6 Å². The Morgan fingerprint density at radius 3 is 2.36 bits per heavy atom. The number of esters is 1. The van der Waals surface area contributed by atoms with Crippen molar-refractivity contribution in [2.75, 3.05) is 0 Å². The summed E-state index contributed by atoms with van der Waals surface area (Å²) in [4.78, 5) is 21.2. The molecule has 80 valence electrons. The summed E-state index contributed by atoms with van der Waals surface area (Å²) in [5.41, 5.74) is -0.506. The van der Waals surface area contributed by atoms with Gasteiger partial charge < -0.3 is 9.84 Å². The Balaban J connectivity index is 3.78. The van der Waals surface area contributed by atoms with Crippen LogP contribution in [0.4, 0.5) is 0 Å². The number of hydrogen-bond acceptors (Lipinski definition) is 3. The van der Waals surface area contributed by atoms with Gasteiger partial charge in [0.1, 0.15) is 5.60 Å². The third kappa shape index (κ3) is 8.77. The molecule has 0 aromatic heterocycles. The minimum Gasteiger partial charge on any atom is -0.481 e. The highest BCUT2D eigenvalue weighted by molar-refractivity contribution is 5.82. The molecule has 0 aromatic carbocycles. The van der Waals surface area contributed by atoms with Crippen LogP contribution in [0.1, 0.15) is 33.6 Å². The SMILES string of the molecule is CC(C)(C)OC(=O)C=CCCC(=O)O. The van der Waals surface area contributed by atoms with Crippen molar-refractivity contribution in [1.82, 2.24) is 0 Å². The second-order valence-corrected chi connectivity index (χ2v) is 3.87. The van der Waals surface area contributed by atoms with Crippen LogP contribution in [0.5, 0.6) is 0 Å². The third-order valence-corrected chi connectivity index (χ3v) is 1.19. The number of carboxylic acid groups (broad SMARTS) is 1. The summed E-state index contributed by atoms with van der Waals surface area (Å²) in [5.74, 6) is -1.32. The Kier molecular flexibility index (Phi) is 4.91. The van der Waals surface area contributed by atoms with Crippen molar-refractivity contribution in [3.63, 3.8) is 0 Å². The summed E-state index contributed by atoms with van der Waals surface area (Å²) in [7, 11) is 0. The monoisotopic (exact) mass is 200 g/mol. The predicted molar refractivity (Wildman–Crippen MR) is 51.9 cm³/mol. The van der Waals surface area contributed by atoms with Crippen LogP contribution in [0.25, 0.3) is 0 Å². The molecular weight excluding hydrogens is 184 g/mol. The second kappa shape index (κ2) is 5.42. The molecule has 0 amide bonds. The number of ether oxygens (including phenoxy) is 1. The molecule has 0 aromatic rings. The van der Waals surface area contributed by atoms with Gasteiger partial charge in [0.15, 0.2) is 0 Å². The number of allylic oxidation sites excluding steroid dienone is 1. The zero-order chi connectivity index (χ0) is 11.2. The summed E-state index contributed by atoms with van der Waals surface area (Å²) < 4.78 is 4.97. The maximum absolute atomic E-state index is 11.0. The molecule has 0 radical (unpaired) electrons. The molecule has 0 atom stereocenters. The first-order valence-electron chi connectivity index (χ1n) is 4.42. The fourth-order valence-corrected chi connectivity index (χ4v) is 0.722. The van der Waals surface area contributed by atoms with Gasteiger partial charge in [-0.25, -0.2) is 4.79 Å². The average Bonchev–Trinajstić information content (AvgIpc) is 1.94. The Hall–Kier alpha value is -1.32. The van der Waals surface area contributed by atoms with Crippen molar-refractivity contribution in [3.8, 4) is 0 Å². The lowest BCUT2D eigenvalue weighted by Crippen LogP contribution is -2.22. The third-order valence-electron chi connectivity index (χ3n) is 1.19. The number of carbonyl (C=O) groups excluding carboxylic acids is 1. The van der Waals surface area contributed by atoms with E-state index in [1.165, 1.54) is 12.2 Å². The Morgan fingerprint density at radius 2 is 1.93 bits per heavy atom. The fraction of sp³-hybridized carbons (Fsp3) is 0.600. The van der Waals surface area contributed by atoms with E-state index >= 15 is 0 Å². The molecule has 0 bridgehead atoms. The molecule has 1 N–H and O–H groups in total. The number of rotatable bonds is 4. The normalized spacial score (nSPS) is 11.6. The molecule has 0 saturated carbocycles. The van der Waals surface area contributed by atoms with Crippen molar-refractivity contribution in [3.05, 3.63) is 12.2 Å². The Bertz CT molecular complexity index is 235. The van der Waals surface area contributed by atoms with Crippen molar-refractivity contribution in [2.24, 2.45) is 0 Å². The van der Waals surface area contributed by atoms with E-state index in [1.807, 2.05) is 0 Å². The highest BCUT2D eigenvalue weighted by Gasteiger charge is 2.13. The van der Waals surface area contributed by atoms with E-state index in [2.05, 4.69) is 0 Å². The van der Waals surface area contributed by atoms with E-state index in [0.29, 0.717) is 6.42 Å². The molecule has 0 rings (SSSR count). The zero-order valence-electron chi connectivity index (χ0n) is 8.74. The number of carboxylic acids is 1. The summed E-state index contributed by atoms with van der Waals surface area (Å²) in [5, 5.41) is 8.32. The first kappa shape index (κ1) is 12.7. The minimum atomic E-state index is -0.876. The molecule has 0 heterocycles. The topological polar surface area (TPSA) is 63.6 Å². The van der Waals surface area contributed by atoms with Crippen LogP contribution in [0.3, 0.4) is 0 Å². The summed E-state index contributed by atoms with van der Waals surface area (Å²) in [6, 6.07) is 0. The van der Waals surface area contributed by atoms with E-state index in [4.69, 9.17) is 9.84 Å². The van der Waals surface area contributed by atoms with Gasteiger partial charge in [0, 0.05) is 12.5 Å². The standard InChI is InChI=1S/C10H16O4/c1-10(2,3)14-9(13)7-5-4-6-8(11)12/h5,7H,4,6H2,1-3H3,(H,11,12). The molecule has 0 fully saturated rings. The summed E-state index contributed by atoms with van der Waals surface area (Å²) in [6.07, 6.45) is 3.13. The van der Waals surface area contributed by atoms with Crippen molar-refractivity contribution in [2.45, 2.75) is 39.2 Å². The lowest BCUT2D eigenvalue weighted by molar-refractivity contribution is -0.148. The van der Waals surface area contributed by atoms with Crippen LogP contribution in [-0.2, 0) is 14.3 Å². The minimum absolute atomic E-state index is 0.0271. The van der Waals surface area contributed by atoms with Crippen molar-refractivity contribution < 1.29 is 19.4 Å². The lowest BCUT2D eigenvalue weighted by atomic mass is 10.2. The van der Waals surface area contributed by atoms with E-state index in [0.717, 1.165) is 0 Å². The molecule has 0 saturated heterocycles. The Morgan fingerprint density at radius 1 is 1.36 bits per heavy atom. The Labute approximate surface area is 83.6 Å². The largest absolute Gasteiger partial charge is 0.481 e.